The second-order valence-corrected chi connectivity index (χ2v) is 7.72. The second kappa shape index (κ2) is 12.5. The Morgan fingerprint density at radius 3 is 1.65 bits per heavy atom. The van der Waals surface area contributed by atoms with Crippen molar-refractivity contribution in [2.24, 2.45) is 0 Å². The highest BCUT2D eigenvalue weighted by molar-refractivity contribution is 6.60. The minimum absolute atomic E-state index is 0.583. The van der Waals surface area contributed by atoms with E-state index in [1.807, 2.05) is 6.92 Å². The fourth-order valence-corrected chi connectivity index (χ4v) is 4.18. The first-order valence-corrected chi connectivity index (χ1v) is 9.67. The molecule has 0 aromatic rings. The molecule has 0 amide bonds. The Morgan fingerprint density at radius 1 is 0.850 bits per heavy atom. The lowest BCUT2D eigenvalue weighted by atomic mass is 10.4. The fourth-order valence-electron chi connectivity index (χ4n) is 1.56. The lowest BCUT2D eigenvalue weighted by Crippen LogP contribution is -2.47. The highest BCUT2D eigenvalue weighted by Crippen LogP contribution is 2.17. The smallest absolute Gasteiger partial charge is 0.377 e. The van der Waals surface area contributed by atoms with E-state index in [9.17, 15) is 0 Å². The predicted octanol–water partition coefficient (Wildman–Crippen LogP) is 3.80. The van der Waals surface area contributed by atoms with Crippen LogP contribution in [-0.2, 0) is 18.0 Å². The first-order valence-electron chi connectivity index (χ1n) is 7.74. The molecule has 0 heterocycles. The summed E-state index contributed by atoms with van der Waals surface area (Å²) in [5, 5.41) is 0. The summed E-state index contributed by atoms with van der Waals surface area (Å²) in [6, 6.07) is 0.709. The zero-order valence-corrected chi connectivity index (χ0v) is 14.7. The molecule has 0 aliphatic carbocycles. The van der Waals surface area contributed by atoms with Gasteiger partial charge >= 0.3 is 8.80 Å². The topological polar surface area (TPSA) is 36.9 Å². The molecular formula is C15H32O4Si. The Morgan fingerprint density at radius 2 is 1.30 bits per heavy atom. The SMILES string of the molecule is C=C(C)COCC[Si](OCCC)(OCCC)OCCC. The molecule has 0 spiro atoms. The van der Waals surface area contributed by atoms with Crippen LogP contribution >= 0.6 is 0 Å². The molecule has 20 heavy (non-hydrogen) atoms. The second-order valence-electron chi connectivity index (χ2n) is 4.99. The third kappa shape index (κ3) is 9.66. The van der Waals surface area contributed by atoms with Crippen molar-refractivity contribution < 1.29 is 18.0 Å². The molecule has 0 aromatic carbocycles. The van der Waals surface area contributed by atoms with Gasteiger partial charge in [0.05, 0.1) is 13.2 Å². The van der Waals surface area contributed by atoms with E-state index in [2.05, 4.69) is 27.4 Å². The molecule has 0 atom stereocenters. The minimum atomic E-state index is -2.59. The molecule has 0 saturated heterocycles. The molecule has 5 heteroatoms. The van der Waals surface area contributed by atoms with Gasteiger partial charge in [0, 0.05) is 25.9 Å². The molecule has 0 bridgehead atoms. The zero-order valence-electron chi connectivity index (χ0n) is 13.7. The highest BCUT2D eigenvalue weighted by Gasteiger charge is 2.40. The minimum Gasteiger partial charge on any atom is -0.377 e. The van der Waals surface area contributed by atoms with Crippen molar-refractivity contribution in [3.63, 3.8) is 0 Å². The molecule has 120 valence electrons. The van der Waals surface area contributed by atoms with Crippen LogP contribution in [-0.4, -0.2) is 41.8 Å². The van der Waals surface area contributed by atoms with Crippen molar-refractivity contribution in [1.29, 1.82) is 0 Å². The van der Waals surface area contributed by atoms with Gasteiger partial charge < -0.3 is 18.0 Å². The maximum Gasteiger partial charge on any atom is 0.503 e. The average molecular weight is 305 g/mol. The van der Waals surface area contributed by atoms with Crippen molar-refractivity contribution in [1.82, 2.24) is 0 Å². The van der Waals surface area contributed by atoms with E-state index in [4.69, 9.17) is 18.0 Å². The summed E-state index contributed by atoms with van der Waals surface area (Å²) in [5.74, 6) is 0. The van der Waals surface area contributed by atoms with Crippen LogP contribution in [0.2, 0.25) is 6.04 Å². The van der Waals surface area contributed by atoms with Gasteiger partial charge in [-0.15, -0.1) is 0 Å². The summed E-state index contributed by atoms with van der Waals surface area (Å²) < 4.78 is 23.5. The first kappa shape index (κ1) is 19.8. The van der Waals surface area contributed by atoms with Crippen LogP contribution in [0.15, 0.2) is 12.2 Å². The summed E-state index contributed by atoms with van der Waals surface area (Å²) >= 11 is 0. The van der Waals surface area contributed by atoms with E-state index in [0.717, 1.165) is 24.8 Å². The largest absolute Gasteiger partial charge is 0.503 e. The average Bonchev–Trinajstić information content (AvgIpc) is 2.44. The Kier molecular flexibility index (Phi) is 12.4. The normalized spacial score (nSPS) is 11.8. The van der Waals surface area contributed by atoms with Crippen LogP contribution in [0.3, 0.4) is 0 Å². The number of hydrogen-bond acceptors (Lipinski definition) is 4. The number of hydrogen-bond donors (Lipinski definition) is 0. The molecule has 0 rings (SSSR count). The van der Waals surface area contributed by atoms with E-state index in [0.29, 0.717) is 39.1 Å². The third-order valence-electron chi connectivity index (χ3n) is 2.48. The number of rotatable bonds is 14. The van der Waals surface area contributed by atoms with Crippen molar-refractivity contribution in [2.75, 3.05) is 33.0 Å². The van der Waals surface area contributed by atoms with Crippen molar-refractivity contribution in [2.45, 2.75) is 53.0 Å². The van der Waals surface area contributed by atoms with Gasteiger partial charge in [-0.05, 0) is 26.2 Å². The van der Waals surface area contributed by atoms with Gasteiger partial charge in [0.25, 0.3) is 0 Å². The van der Waals surface area contributed by atoms with Gasteiger partial charge in [-0.25, -0.2) is 0 Å². The summed E-state index contributed by atoms with van der Waals surface area (Å²) in [6.45, 7) is 15.3. The molecule has 0 unspecified atom stereocenters. The van der Waals surface area contributed by atoms with Gasteiger partial charge in [0.2, 0.25) is 0 Å². The molecule has 0 saturated carbocycles. The maximum absolute atomic E-state index is 5.98. The quantitative estimate of drug-likeness (QED) is 0.278. The van der Waals surface area contributed by atoms with Crippen molar-refractivity contribution >= 4 is 8.80 Å². The van der Waals surface area contributed by atoms with Gasteiger partial charge in [-0.3, -0.25) is 0 Å². The lowest BCUT2D eigenvalue weighted by molar-refractivity contribution is 0.0496. The summed E-state index contributed by atoms with van der Waals surface area (Å²) in [5.41, 5.74) is 1.02. The van der Waals surface area contributed by atoms with Crippen LogP contribution in [0, 0.1) is 0 Å². The van der Waals surface area contributed by atoms with Gasteiger partial charge in [-0.2, -0.15) is 0 Å². The monoisotopic (exact) mass is 304 g/mol. The summed E-state index contributed by atoms with van der Waals surface area (Å²) in [7, 11) is -2.59. The molecule has 0 N–H and O–H groups in total. The van der Waals surface area contributed by atoms with E-state index in [-0.39, 0.29) is 0 Å². The molecule has 0 fully saturated rings. The predicted molar refractivity (Wildman–Crippen MR) is 84.9 cm³/mol. The standard InChI is InChI=1S/C15H32O4Si/c1-6-9-17-20(18-10-7-2,19-11-8-3)13-12-16-14-15(4)5/h4,6-14H2,1-3,5H3. The lowest BCUT2D eigenvalue weighted by Gasteiger charge is -2.29. The Balaban J connectivity index is 4.44. The van der Waals surface area contributed by atoms with E-state index < -0.39 is 8.80 Å². The molecule has 0 aliphatic rings. The van der Waals surface area contributed by atoms with Gasteiger partial charge in [-0.1, -0.05) is 32.9 Å². The van der Waals surface area contributed by atoms with Crippen molar-refractivity contribution in [3.05, 3.63) is 12.2 Å². The molecule has 0 radical (unpaired) electrons. The Labute approximate surface area is 125 Å². The van der Waals surface area contributed by atoms with Crippen LogP contribution in [0.25, 0.3) is 0 Å². The fraction of sp³-hybridized carbons (Fsp3) is 0.867. The van der Waals surface area contributed by atoms with Crippen LogP contribution < -0.4 is 0 Å². The number of ether oxygens (including phenoxy) is 1. The molecule has 0 aliphatic heterocycles. The molecule has 0 aromatic heterocycles. The van der Waals surface area contributed by atoms with Gasteiger partial charge in [0.1, 0.15) is 0 Å². The van der Waals surface area contributed by atoms with Gasteiger partial charge in [0.15, 0.2) is 0 Å². The zero-order chi connectivity index (χ0) is 15.3. The first-order chi connectivity index (χ1) is 9.60. The summed E-state index contributed by atoms with van der Waals surface area (Å²) in [4.78, 5) is 0. The van der Waals surface area contributed by atoms with Crippen LogP contribution in [0.5, 0.6) is 0 Å². The molecular weight excluding hydrogens is 272 g/mol. The van der Waals surface area contributed by atoms with Crippen molar-refractivity contribution in [3.8, 4) is 0 Å². The van der Waals surface area contributed by atoms with E-state index >= 15 is 0 Å². The van der Waals surface area contributed by atoms with Crippen LogP contribution in [0.4, 0.5) is 0 Å². The van der Waals surface area contributed by atoms with E-state index in [1.165, 1.54) is 0 Å². The Bertz CT molecular complexity index is 224. The maximum atomic E-state index is 5.98. The summed E-state index contributed by atoms with van der Waals surface area (Å²) in [6.07, 6.45) is 2.89. The third-order valence-corrected chi connectivity index (χ3v) is 5.23. The highest BCUT2D eigenvalue weighted by atomic mass is 28.4. The van der Waals surface area contributed by atoms with E-state index in [1.54, 1.807) is 0 Å². The van der Waals surface area contributed by atoms with Crippen LogP contribution in [0.1, 0.15) is 47.0 Å². The Hall–Kier alpha value is -0.203. The molecule has 4 nitrogen and oxygen atoms in total.